The van der Waals surface area contributed by atoms with Crippen LogP contribution in [0.4, 0.5) is 0 Å². The summed E-state index contributed by atoms with van der Waals surface area (Å²) in [5, 5.41) is 0.811. The van der Waals surface area contributed by atoms with Crippen LogP contribution < -0.4 is 0 Å². The van der Waals surface area contributed by atoms with Crippen molar-refractivity contribution < 1.29 is 14.4 Å². The maximum absolute atomic E-state index is 12.1. The van der Waals surface area contributed by atoms with Gasteiger partial charge in [-0.25, -0.2) is 0 Å². The molecule has 0 N–H and O–H groups in total. The number of amides is 2. The van der Waals surface area contributed by atoms with Crippen molar-refractivity contribution in [3.8, 4) is 0 Å². The molecule has 0 fully saturated rings. The standard InChI is InChI=1S/C14H14ClNO3/c1-2-10(6-5-9-15)19-16-13(17)11-7-3-4-8-12(11)14(16)18/h2-4,7-8,10H,1,5-6,9H2/t10-/m1/s1. The molecule has 1 aliphatic heterocycles. The van der Waals surface area contributed by atoms with Gasteiger partial charge in [0.25, 0.3) is 11.8 Å². The smallest absolute Gasteiger partial charge is 0.266 e. The van der Waals surface area contributed by atoms with Gasteiger partial charge in [0, 0.05) is 5.88 Å². The summed E-state index contributed by atoms with van der Waals surface area (Å²) in [6.07, 6.45) is 2.50. The highest BCUT2D eigenvalue weighted by Gasteiger charge is 2.37. The lowest BCUT2D eigenvalue weighted by molar-refractivity contribution is -0.118. The van der Waals surface area contributed by atoms with Crippen LogP contribution in [0.2, 0.25) is 0 Å². The molecule has 0 saturated carbocycles. The van der Waals surface area contributed by atoms with Crippen molar-refractivity contribution in [2.45, 2.75) is 18.9 Å². The molecule has 0 unspecified atom stereocenters. The molecule has 2 amide bonds. The van der Waals surface area contributed by atoms with E-state index in [1.165, 1.54) is 0 Å². The number of hydroxylamine groups is 2. The molecular formula is C14H14ClNO3. The van der Waals surface area contributed by atoms with E-state index in [9.17, 15) is 9.59 Å². The van der Waals surface area contributed by atoms with Gasteiger partial charge in [0.05, 0.1) is 11.1 Å². The van der Waals surface area contributed by atoms with Crippen LogP contribution in [-0.4, -0.2) is 28.9 Å². The summed E-state index contributed by atoms with van der Waals surface area (Å²) < 4.78 is 0. The van der Waals surface area contributed by atoms with Gasteiger partial charge >= 0.3 is 0 Å². The maximum atomic E-state index is 12.1. The van der Waals surface area contributed by atoms with Crippen LogP contribution in [0, 0.1) is 0 Å². The van der Waals surface area contributed by atoms with Crippen LogP contribution in [-0.2, 0) is 4.84 Å². The van der Waals surface area contributed by atoms with Gasteiger partial charge in [-0.05, 0) is 25.0 Å². The highest BCUT2D eigenvalue weighted by Crippen LogP contribution is 2.24. The number of halogens is 1. The molecule has 0 aliphatic carbocycles. The summed E-state index contributed by atoms with van der Waals surface area (Å²) in [4.78, 5) is 29.5. The number of carbonyl (C=O) groups is 2. The van der Waals surface area contributed by atoms with E-state index in [2.05, 4.69) is 6.58 Å². The highest BCUT2D eigenvalue weighted by molar-refractivity contribution is 6.20. The third-order valence-electron chi connectivity index (χ3n) is 2.88. The minimum Gasteiger partial charge on any atom is -0.266 e. The summed E-state index contributed by atoms with van der Waals surface area (Å²) in [7, 11) is 0. The third-order valence-corrected chi connectivity index (χ3v) is 3.15. The number of carbonyl (C=O) groups excluding carboxylic acids is 2. The van der Waals surface area contributed by atoms with Crippen LogP contribution in [0.15, 0.2) is 36.9 Å². The van der Waals surface area contributed by atoms with Gasteiger partial charge < -0.3 is 0 Å². The largest absolute Gasteiger partial charge is 0.285 e. The number of rotatable bonds is 6. The van der Waals surface area contributed by atoms with Gasteiger partial charge in [-0.1, -0.05) is 18.2 Å². The zero-order chi connectivity index (χ0) is 13.8. The van der Waals surface area contributed by atoms with E-state index in [1.54, 1.807) is 30.3 Å². The van der Waals surface area contributed by atoms with Crippen LogP contribution in [0.3, 0.4) is 0 Å². The van der Waals surface area contributed by atoms with E-state index in [-0.39, 0.29) is 0 Å². The average Bonchev–Trinajstić information content (AvgIpc) is 2.68. The predicted molar refractivity (Wildman–Crippen MR) is 72.0 cm³/mol. The zero-order valence-corrected chi connectivity index (χ0v) is 11.1. The zero-order valence-electron chi connectivity index (χ0n) is 10.3. The molecule has 4 nitrogen and oxygen atoms in total. The van der Waals surface area contributed by atoms with E-state index in [1.807, 2.05) is 0 Å². The first-order valence-corrected chi connectivity index (χ1v) is 6.55. The normalized spacial score (nSPS) is 15.5. The summed E-state index contributed by atoms with van der Waals surface area (Å²) in [5.74, 6) is -0.368. The van der Waals surface area contributed by atoms with Crippen LogP contribution >= 0.6 is 11.6 Å². The van der Waals surface area contributed by atoms with Crippen molar-refractivity contribution in [2.24, 2.45) is 0 Å². The molecule has 1 atom stereocenters. The fourth-order valence-corrected chi connectivity index (χ4v) is 2.04. The first-order valence-electron chi connectivity index (χ1n) is 6.02. The number of hydrogen-bond acceptors (Lipinski definition) is 3. The van der Waals surface area contributed by atoms with Crippen molar-refractivity contribution in [1.82, 2.24) is 5.06 Å². The van der Waals surface area contributed by atoms with Gasteiger partial charge in [0.15, 0.2) is 0 Å². The second-order valence-corrected chi connectivity index (χ2v) is 4.54. The minimum absolute atomic E-state index is 0.368. The lowest BCUT2D eigenvalue weighted by atomic mass is 10.1. The molecule has 100 valence electrons. The molecule has 0 spiro atoms. The molecule has 5 heteroatoms. The summed E-state index contributed by atoms with van der Waals surface area (Å²) >= 11 is 5.61. The van der Waals surface area contributed by atoms with Crippen molar-refractivity contribution in [3.05, 3.63) is 48.0 Å². The molecule has 0 saturated heterocycles. The van der Waals surface area contributed by atoms with Crippen LogP contribution in [0.5, 0.6) is 0 Å². The maximum Gasteiger partial charge on any atom is 0.285 e. The Balaban J connectivity index is 2.13. The summed E-state index contributed by atoms with van der Waals surface area (Å²) in [6.45, 7) is 3.64. The molecule has 0 aromatic heterocycles. The van der Waals surface area contributed by atoms with E-state index < -0.39 is 17.9 Å². The molecule has 19 heavy (non-hydrogen) atoms. The number of benzene rings is 1. The molecule has 2 rings (SSSR count). The molecule has 0 radical (unpaired) electrons. The lowest BCUT2D eigenvalue weighted by Gasteiger charge is -2.19. The molecule has 0 bridgehead atoms. The van der Waals surface area contributed by atoms with E-state index in [0.717, 1.165) is 11.5 Å². The molecule has 1 aliphatic rings. The first kappa shape index (κ1) is 13.8. The molecule has 1 aromatic rings. The molecular weight excluding hydrogens is 266 g/mol. The topological polar surface area (TPSA) is 46.6 Å². The number of alkyl halides is 1. The Morgan fingerprint density at radius 3 is 2.32 bits per heavy atom. The Hall–Kier alpha value is -1.65. The number of fused-ring (bicyclic) bond motifs is 1. The van der Waals surface area contributed by atoms with Gasteiger partial charge in [0.1, 0.15) is 6.10 Å². The average molecular weight is 280 g/mol. The fraction of sp³-hybridized carbons (Fsp3) is 0.286. The Bertz CT molecular complexity index is 480. The van der Waals surface area contributed by atoms with Gasteiger partial charge in [0.2, 0.25) is 0 Å². The predicted octanol–water partition coefficient (Wildman–Crippen LogP) is 2.79. The van der Waals surface area contributed by atoms with Crippen molar-refractivity contribution >= 4 is 23.4 Å². The Morgan fingerprint density at radius 2 is 1.84 bits per heavy atom. The second-order valence-electron chi connectivity index (χ2n) is 4.16. The molecule has 1 aromatic carbocycles. The van der Waals surface area contributed by atoms with E-state index in [4.69, 9.17) is 16.4 Å². The number of hydrogen-bond donors (Lipinski definition) is 0. The van der Waals surface area contributed by atoms with E-state index in [0.29, 0.717) is 23.4 Å². The fourth-order valence-electron chi connectivity index (χ4n) is 1.89. The molecule has 1 heterocycles. The van der Waals surface area contributed by atoms with Gasteiger partial charge in [-0.2, -0.15) is 0 Å². The van der Waals surface area contributed by atoms with Crippen LogP contribution in [0.1, 0.15) is 33.6 Å². The van der Waals surface area contributed by atoms with Crippen molar-refractivity contribution in [2.75, 3.05) is 5.88 Å². The summed E-state index contributed by atoms with van der Waals surface area (Å²) in [6, 6.07) is 6.65. The lowest BCUT2D eigenvalue weighted by Crippen LogP contribution is -2.34. The SMILES string of the molecule is C=C[C@H](CCCCl)ON1C(=O)c2ccccc2C1=O. The number of nitrogens with zero attached hydrogens (tertiary/aromatic N) is 1. The first-order chi connectivity index (χ1) is 9.19. The van der Waals surface area contributed by atoms with Crippen molar-refractivity contribution in [1.29, 1.82) is 0 Å². The minimum atomic E-state index is -0.432. The van der Waals surface area contributed by atoms with E-state index >= 15 is 0 Å². The Kier molecular flexibility index (Phi) is 4.35. The number of imide groups is 1. The Labute approximate surface area is 116 Å². The van der Waals surface area contributed by atoms with Crippen molar-refractivity contribution in [3.63, 3.8) is 0 Å². The summed E-state index contributed by atoms with van der Waals surface area (Å²) in [5.41, 5.74) is 0.736. The Morgan fingerprint density at radius 1 is 1.26 bits per heavy atom. The van der Waals surface area contributed by atoms with Gasteiger partial charge in [-0.15, -0.1) is 23.2 Å². The highest BCUT2D eigenvalue weighted by atomic mass is 35.5. The van der Waals surface area contributed by atoms with Gasteiger partial charge in [-0.3, -0.25) is 14.4 Å². The quantitative estimate of drug-likeness (QED) is 0.457. The second kappa shape index (κ2) is 5.99. The van der Waals surface area contributed by atoms with Crippen LogP contribution in [0.25, 0.3) is 0 Å². The third kappa shape index (κ3) is 2.69. The monoisotopic (exact) mass is 279 g/mol.